The predicted molar refractivity (Wildman–Crippen MR) is 80.8 cm³/mol. The monoisotopic (exact) mass is 332 g/mol. The molecule has 1 aromatic rings. The van der Waals surface area contributed by atoms with Crippen molar-refractivity contribution >= 4 is 18.3 Å². The molecule has 2 fully saturated rings. The largest absolute Gasteiger partial charge is 0.435 e. The summed E-state index contributed by atoms with van der Waals surface area (Å²) in [5.41, 5.74) is 0.524. The number of benzene rings is 1. The Morgan fingerprint density at radius 1 is 1.18 bits per heavy atom. The molecule has 22 heavy (non-hydrogen) atoms. The van der Waals surface area contributed by atoms with E-state index in [4.69, 9.17) is 0 Å². The van der Waals surface area contributed by atoms with Crippen LogP contribution in [0.4, 0.5) is 8.78 Å². The highest BCUT2D eigenvalue weighted by Gasteiger charge is 2.38. The summed E-state index contributed by atoms with van der Waals surface area (Å²) < 4.78 is 28.5. The number of hydrogen-bond acceptors (Lipinski definition) is 3. The average molecular weight is 333 g/mol. The first kappa shape index (κ1) is 17.0. The van der Waals surface area contributed by atoms with Gasteiger partial charge in [-0.3, -0.25) is 4.79 Å². The van der Waals surface area contributed by atoms with Gasteiger partial charge >= 0.3 is 6.61 Å². The fourth-order valence-electron chi connectivity index (χ4n) is 3.24. The van der Waals surface area contributed by atoms with E-state index in [-0.39, 0.29) is 36.1 Å². The van der Waals surface area contributed by atoms with E-state index in [2.05, 4.69) is 10.1 Å². The number of ether oxygens (including phenoxy) is 1. The molecule has 1 amide bonds. The van der Waals surface area contributed by atoms with Crippen molar-refractivity contribution in [1.29, 1.82) is 0 Å². The van der Waals surface area contributed by atoms with E-state index in [9.17, 15) is 13.6 Å². The van der Waals surface area contributed by atoms with Crippen molar-refractivity contribution in [3.8, 4) is 5.75 Å². The van der Waals surface area contributed by atoms with Gasteiger partial charge in [-0.25, -0.2) is 0 Å². The molecule has 0 aliphatic carbocycles. The van der Waals surface area contributed by atoms with Crippen LogP contribution in [0.15, 0.2) is 24.3 Å². The minimum Gasteiger partial charge on any atom is -0.435 e. The molecule has 2 heterocycles. The summed E-state index contributed by atoms with van der Waals surface area (Å²) >= 11 is 0. The zero-order valence-electron chi connectivity index (χ0n) is 12.0. The first-order valence-electron chi connectivity index (χ1n) is 7.23. The molecule has 1 N–H and O–H groups in total. The third kappa shape index (κ3) is 3.50. The number of hydrogen-bond donors (Lipinski definition) is 1. The number of halogens is 3. The molecular weight excluding hydrogens is 314 g/mol. The van der Waals surface area contributed by atoms with E-state index >= 15 is 0 Å². The zero-order valence-corrected chi connectivity index (χ0v) is 12.8. The Morgan fingerprint density at radius 3 is 2.55 bits per heavy atom. The van der Waals surface area contributed by atoms with Crippen LogP contribution in [0.2, 0.25) is 0 Å². The van der Waals surface area contributed by atoms with Crippen LogP contribution >= 0.6 is 12.4 Å². The third-order valence-corrected chi connectivity index (χ3v) is 4.22. The van der Waals surface area contributed by atoms with Gasteiger partial charge in [0, 0.05) is 24.2 Å². The van der Waals surface area contributed by atoms with Crippen molar-refractivity contribution in [2.75, 3.05) is 13.1 Å². The molecule has 2 aliphatic heterocycles. The van der Waals surface area contributed by atoms with E-state index in [1.165, 1.54) is 12.1 Å². The zero-order chi connectivity index (χ0) is 14.8. The summed E-state index contributed by atoms with van der Waals surface area (Å²) in [6, 6.07) is 6.46. The topological polar surface area (TPSA) is 41.6 Å². The van der Waals surface area contributed by atoms with Gasteiger partial charge in [0.2, 0.25) is 0 Å². The Bertz CT molecular complexity index is 499. The molecule has 0 aromatic heterocycles. The number of carbonyl (C=O) groups excluding carboxylic acids is 1. The van der Waals surface area contributed by atoms with Crippen molar-refractivity contribution in [2.45, 2.75) is 38.0 Å². The van der Waals surface area contributed by atoms with Gasteiger partial charge in [-0.05, 0) is 50.1 Å². The molecule has 2 aliphatic rings. The Kier molecular flexibility index (Phi) is 5.58. The first-order valence-corrected chi connectivity index (χ1v) is 7.23. The van der Waals surface area contributed by atoms with Gasteiger partial charge in [-0.2, -0.15) is 8.78 Å². The fraction of sp³-hybridized carbons (Fsp3) is 0.533. The van der Waals surface area contributed by atoms with Gasteiger partial charge in [0.1, 0.15) is 5.75 Å². The SMILES string of the molecule is Cl.O=C(c1ccc(OC(F)F)cc1)N1C2CCNCC1CC2. The summed E-state index contributed by atoms with van der Waals surface area (Å²) in [6.45, 7) is -1.08. The minimum atomic E-state index is -2.85. The quantitative estimate of drug-likeness (QED) is 0.925. The van der Waals surface area contributed by atoms with Crippen LogP contribution in [-0.2, 0) is 0 Å². The van der Waals surface area contributed by atoms with Crippen LogP contribution in [0, 0.1) is 0 Å². The van der Waals surface area contributed by atoms with Crippen LogP contribution in [0.5, 0.6) is 5.75 Å². The Labute approximate surface area is 134 Å². The molecule has 7 heteroatoms. The lowest BCUT2D eigenvalue weighted by molar-refractivity contribution is -0.0498. The first-order chi connectivity index (χ1) is 10.1. The average Bonchev–Trinajstić information content (AvgIpc) is 2.71. The molecule has 0 saturated carbocycles. The normalized spacial score (nSPS) is 23.9. The maximum Gasteiger partial charge on any atom is 0.387 e. The molecule has 3 rings (SSSR count). The van der Waals surface area contributed by atoms with Gasteiger partial charge in [0.05, 0.1) is 0 Å². The Balaban J connectivity index is 0.00000176. The van der Waals surface area contributed by atoms with Gasteiger partial charge < -0.3 is 15.0 Å². The second kappa shape index (κ2) is 7.24. The highest BCUT2D eigenvalue weighted by molar-refractivity contribution is 5.95. The Morgan fingerprint density at radius 2 is 1.86 bits per heavy atom. The summed E-state index contributed by atoms with van der Waals surface area (Å²) in [5.74, 6) is 0.0526. The van der Waals surface area contributed by atoms with Crippen LogP contribution in [0.3, 0.4) is 0 Å². The van der Waals surface area contributed by atoms with Crippen molar-refractivity contribution in [3.05, 3.63) is 29.8 Å². The van der Waals surface area contributed by atoms with Crippen LogP contribution < -0.4 is 10.1 Å². The van der Waals surface area contributed by atoms with Crippen molar-refractivity contribution in [3.63, 3.8) is 0 Å². The lowest BCUT2D eigenvalue weighted by Gasteiger charge is -2.28. The summed E-state index contributed by atoms with van der Waals surface area (Å²) in [5, 5.41) is 3.35. The molecular formula is C15H19ClF2N2O2. The number of rotatable bonds is 3. The van der Waals surface area contributed by atoms with E-state index in [0.717, 1.165) is 32.4 Å². The van der Waals surface area contributed by atoms with E-state index < -0.39 is 6.61 Å². The molecule has 2 saturated heterocycles. The predicted octanol–water partition coefficient (Wildman–Crippen LogP) is 2.68. The maximum atomic E-state index is 12.7. The molecule has 2 atom stereocenters. The van der Waals surface area contributed by atoms with E-state index in [1.807, 2.05) is 4.90 Å². The van der Waals surface area contributed by atoms with Crippen molar-refractivity contribution in [1.82, 2.24) is 10.2 Å². The lowest BCUT2D eigenvalue weighted by atomic mass is 10.1. The van der Waals surface area contributed by atoms with Crippen LogP contribution in [0.1, 0.15) is 29.6 Å². The molecule has 2 bridgehead atoms. The second-order valence-corrected chi connectivity index (χ2v) is 5.49. The van der Waals surface area contributed by atoms with Crippen LogP contribution in [0.25, 0.3) is 0 Å². The fourth-order valence-corrected chi connectivity index (χ4v) is 3.24. The lowest BCUT2D eigenvalue weighted by Crippen LogP contribution is -2.42. The summed E-state index contributed by atoms with van der Waals surface area (Å²) in [7, 11) is 0. The van der Waals surface area contributed by atoms with Gasteiger partial charge in [-0.15, -0.1) is 12.4 Å². The van der Waals surface area contributed by atoms with E-state index in [0.29, 0.717) is 5.56 Å². The maximum absolute atomic E-state index is 12.7. The second-order valence-electron chi connectivity index (χ2n) is 5.49. The molecule has 4 nitrogen and oxygen atoms in total. The highest BCUT2D eigenvalue weighted by atomic mass is 35.5. The van der Waals surface area contributed by atoms with Crippen LogP contribution in [-0.4, -0.2) is 42.6 Å². The van der Waals surface area contributed by atoms with Gasteiger partial charge in [-0.1, -0.05) is 0 Å². The highest BCUT2D eigenvalue weighted by Crippen LogP contribution is 2.30. The smallest absolute Gasteiger partial charge is 0.387 e. The Hall–Kier alpha value is -1.40. The van der Waals surface area contributed by atoms with Crippen molar-refractivity contribution < 1.29 is 18.3 Å². The number of nitrogens with one attached hydrogen (secondary N) is 1. The third-order valence-electron chi connectivity index (χ3n) is 4.22. The van der Waals surface area contributed by atoms with Gasteiger partial charge in [0.25, 0.3) is 5.91 Å². The molecule has 0 spiro atoms. The number of alkyl halides is 2. The van der Waals surface area contributed by atoms with E-state index in [1.54, 1.807) is 12.1 Å². The molecule has 2 unspecified atom stereocenters. The summed E-state index contributed by atoms with van der Waals surface area (Å²) in [4.78, 5) is 14.6. The summed E-state index contributed by atoms with van der Waals surface area (Å²) in [6.07, 6.45) is 3.04. The number of carbonyl (C=O) groups is 1. The number of fused-ring (bicyclic) bond motifs is 2. The van der Waals surface area contributed by atoms with Crippen molar-refractivity contribution in [2.24, 2.45) is 0 Å². The van der Waals surface area contributed by atoms with Gasteiger partial charge in [0.15, 0.2) is 0 Å². The molecule has 122 valence electrons. The minimum absolute atomic E-state index is 0. The molecule has 0 radical (unpaired) electrons. The number of nitrogens with zero attached hydrogens (tertiary/aromatic N) is 1. The molecule has 1 aromatic carbocycles. The number of amides is 1. The standard InChI is InChI=1S/C15H18F2N2O2.ClH/c16-15(17)21-13-5-1-10(2-6-13)14(20)19-11-3-4-12(19)9-18-8-7-11;/h1-2,5-6,11-12,15,18H,3-4,7-9H2;1H.